The van der Waals surface area contributed by atoms with Crippen molar-refractivity contribution >= 4 is 0 Å². The van der Waals surface area contributed by atoms with Crippen LogP contribution in [-0.4, -0.2) is 47.1 Å². The highest BCUT2D eigenvalue weighted by molar-refractivity contribution is 5.07. The molecule has 4 atom stereocenters. The molecule has 0 N–H and O–H groups in total. The molecule has 2 heterocycles. The molecule has 3 nitrogen and oxygen atoms in total. The van der Waals surface area contributed by atoms with E-state index in [1.165, 1.54) is 33.8 Å². The lowest BCUT2D eigenvalue weighted by molar-refractivity contribution is -0.419. The number of rotatable bonds is 5. The van der Waals surface area contributed by atoms with E-state index in [0.29, 0.717) is 12.8 Å². The van der Waals surface area contributed by atoms with Crippen LogP contribution in [0.15, 0.2) is 12.7 Å². The van der Waals surface area contributed by atoms with Crippen LogP contribution in [0.4, 0.5) is 52.7 Å². The normalized spacial score (nSPS) is 27.1. The van der Waals surface area contributed by atoms with Crippen molar-refractivity contribution in [1.29, 1.82) is 5.26 Å². The fraction of sp³-hybridized carbons (Fsp3) is 0.889. The third kappa shape index (κ3) is 7.50. The monoisotopic (exact) mass is 635 g/mol. The van der Waals surface area contributed by atoms with Gasteiger partial charge in [0.15, 0.2) is 0 Å². The average molecular weight is 636 g/mol. The maximum atomic E-state index is 13.2. The first-order valence-corrected chi connectivity index (χ1v) is 13.3. The molecule has 246 valence electrons. The molecule has 2 aliphatic heterocycles. The number of nitriles is 1. The molecule has 2 aliphatic rings. The van der Waals surface area contributed by atoms with E-state index in [4.69, 9.17) is 10.00 Å². The van der Waals surface area contributed by atoms with E-state index in [-0.39, 0.29) is 24.7 Å². The number of ether oxygens (including phenoxy) is 2. The number of halogens is 12. The molecule has 2 saturated heterocycles. The van der Waals surface area contributed by atoms with Crippen molar-refractivity contribution in [1.82, 2.24) is 0 Å². The molecule has 2 rings (SSSR count). The molecule has 15 heteroatoms. The summed E-state index contributed by atoms with van der Waals surface area (Å²) in [6.07, 6.45) is -22.5. The molecule has 0 aromatic rings. The van der Waals surface area contributed by atoms with E-state index < -0.39 is 71.8 Å². The summed E-state index contributed by atoms with van der Waals surface area (Å²) in [5, 5.41) is 8.93. The van der Waals surface area contributed by atoms with Crippen LogP contribution in [-0.2, 0) is 9.47 Å². The van der Waals surface area contributed by atoms with Crippen LogP contribution in [0, 0.1) is 35.0 Å². The summed E-state index contributed by atoms with van der Waals surface area (Å²) in [5.74, 6) is -1.51. The summed E-state index contributed by atoms with van der Waals surface area (Å²) >= 11 is 0. The van der Waals surface area contributed by atoms with Crippen molar-refractivity contribution in [3.63, 3.8) is 0 Å². The van der Waals surface area contributed by atoms with Gasteiger partial charge in [0.1, 0.15) is 0 Å². The van der Waals surface area contributed by atoms with Gasteiger partial charge in [-0.05, 0) is 78.6 Å². The van der Waals surface area contributed by atoms with Crippen LogP contribution in [0.25, 0.3) is 0 Å². The largest absolute Gasteiger partial charge is 0.426 e. The topological polar surface area (TPSA) is 42.2 Å². The molecule has 0 saturated carbocycles. The molecule has 0 amide bonds. The van der Waals surface area contributed by atoms with Gasteiger partial charge >= 0.3 is 24.7 Å². The number of alkyl halides is 12. The van der Waals surface area contributed by atoms with Gasteiger partial charge in [-0.1, -0.05) is 19.4 Å². The van der Waals surface area contributed by atoms with E-state index in [1.54, 1.807) is 6.92 Å². The van der Waals surface area contributed by atoms with Crippen LogP contribution in [0.2, 0.25) is 0 Å². The van der Waals surface area contributed by atoms with Crippen LogP contribution >= 0.6 is 0 Å². The maximum absolute atomic E-state index is 13.2. The van der Waals surface area contributed by atoms with Crippen molar-refractivity contribution in [2.75, 3.05) is 0 Å². The van der Waals surface area contributed by atoms with E-state index in [9.17, 15) is 52.7 Å². The van der Waals surface area contributed by atoms with E-state index in [0.717, 1.165) is 0 Å². The Labute approximate surface area is 237 Å². The van der Waals surface area contributed by atoms with Crippen LogP contribution in [0.3, 0.4) is 0 Å². The van der Waals surface area contributed by atoms with Crippen LogP contribution < -0.4 is 0 Å². The summed E-state index contributed by atoms with van der Waals surface area (Å²) in [4.78, 5) is 0. The van der Waals surface area contributed by atoms with Crippen molar-refractivity contribution in [2.24, 2.45) is 23.7 Å². The summed E-state index contributed by atoms with van der Waals surface area (Å²) in [6, 6.07) is 2.06. The van der Waals surface area contributed by atoms with Gasteiger partial charge in [-0.3, -0.25) is 0 Å². The Balaban J connectivity index is 0.000000437. The highest BCUT2D eigenvalue weighted by Crippen LogP contribution is 2.57. The predicted molar refractivity (Wildman–Crippen MR) is 129 cm³/mol. The first-order valence-electron chi connectivity index (χ1n) is 13.3. The van der Waals surface area contributed by atoms with Gasteiger partial charge in [-0.2, -0.15) is 57.9 Å². The molecule has 0 radical (unpaired) electrons. The second-order valence-electron chi connectivity index (χ2n) is 12.0. The lowest BCUT2D eigenvalue weighted by Gasteiger charge is -2.52. The minimum absolute atomic E-state index is 0.172. The van der Waals surface area contributed by atoms with Gasteiger partial charge < -0.3 is 9.47 Å². The molecule has 0 aromatic heterocycles. The molecule has 0 aromatic carbocycles. The van der Waals surface area contributed by atoms with Gasteiger partial charge in [-0.15, -0.1) is 6.58 Å². The Morgan fingerprint density at radius 3 is 1.45 bits per heavy atom. The third-order valence-electron chi connectivity index (χ3n) is 8.36. The fourth-order valence-corrected chi connectivity index (χ4v) is 6.01. The number of hydrogen-bond acceptors (Lipinski definition) is 3. The smallest absolute Gasteiger partial charge is 0.352 e. The van der Waals surface area contributed by atoms with Crippen molar-refractivity contribution in [3.8, 4) is 6.07 Å². The van der Waals surface area contributed by atoms with Crippen molar-refractivity contribution in [3.05, 3.63) is 12.7 Å². The van der Waals surface area contributed by atoms with Crippen molar-refractivity contribution < 1.29 is 62.2 Å². The molecule has 0 aliphatic carbocycles. The summed E-state index contributed by atoms with van der Waals surface area (Å²) in [6.45, 7) is 11.9. The standard InChI is InChI=1S/C16H23F6NO.C11H14F6O/c1-5-11(8-10(2)9-23)12-6-7-14(15(17,18)19,16(20,21)22)24-13(12,3)4;1-4-7-5-6-9(10(12,13)14,11(15,16)17)18-8(7,2)3/h10-12H,5-8H2,1-4H3;4,7H,1,5-6H2,2-3H3. The Morgan fingerprint density at radius 2 is 1.17 bits per heavy atom. The first kappa shape index (κ1) is 38.3. The van der Waals surface area contributed by atoms with E-state index in [1.807, 2.05) is 6.92 Å². The minimum atomic E-state index is -5.53. The van der Waals surface area contributed by atoms with E-state index in [2.05, 4.69) is 17.4 Å². The molecule has 0 bridgehead atoms. The summed E-state index contributed by atoms with van der Waals surface area (Å²) in [5.41, 5.74) is -11.4. The quantitative estimate of drug-likeness (QED) is 0.223. The van der Waals surface area contributed by atoms with Gasteiger partial charge in [0.05, 0.1) is 17.3 Å². The summed E-state index contributed by atoms with van der Waals surface area (Å²) < 4.78 is 165. The average Bonchev–Trinajstić information content (AvgIpc) is 2.78. The van der Waals surface area contributed by atoms with Crippen LogP contribution in [0.5, 0.6) is 0 Å². The third-order valence-corrected chi connectivity index (χ3v) is 8.36. The molecule has 42 heavy (non-hydrogen) atoms. The highest BCUT2D eigenvalue weighted by Gasteiger charge is 2.76. The zero-order valence-corrected chi connectivity index (χ0v) is 24.1. The molecule has 4 unspecified atom stereocenters. The molecule has 2 fully saturated rings. The SMILES string of the molecule is C=CC1CCC(C(F)(F)F)(C(F)(F)F)OC1(C)C.CCC(CC(C)C#N)C1CCC(C(F)(F)F)(C(F)(F)F)OC1(C)C. The Morgan fingerprint density at radius 1 is 0.786 bits per heavy atom. The van der Waals surface area contributed by atoms with Gasteiger partial charge in [0.2, 0.25) is 0 Å². The first-order chi connectivity index (χ1) is 18.6. The summed E-state index contributed by atoms with van der Waals surface area (Å²) in [7, 11) is 0. The Bertz CT molecular complexity index is 929. The second-order valence-corrected chi connectivity index (χ2v) is 12.0. The Kier molecular flexibility index (Phi) is 11.3. The van der Waals surface area contributed by atoms with Gasteiger partial charge in [0.25, 0.3) is 11.2 Å². The maximum Gasteiger partial charge on any atom is 0.426 e. The zero-order valence-electron chi connectivity index (χ0n) is 24.1. The lowest BCUT2D eigenvalue weighted by Crippen LogP contribution is -2.66. The minimum Gasteiger partial charge on any atom is -0.352 e. The van der Waals surface area contributed by atoms with E-state index >= 15 is 0 Å². The van der Waals surface area contributed by atoms with Gasteiger partial charge in [-0.25, -0.2) is 0 Å². The molecular formula is C27H37F12NO2. The zero-order chi connectivity index (χ0) is 33.4. The molecular weight excluding hydrogens is 598 g/mol. The van der Waals surface area contributed by atoms with Crippen LogP contribution in [0.1, 0.15) is 80.1 Å². The lowest BCUT2D eigenvalue weighted by atomic mass is 9.69. The predicted octanol–water partition coefficient (Wildman–Crippen LogP) is 9.87. The number of hydrogen-bond donors (Lipinski definition) is 0. The number of nitrogens with zero attached hydrogens (tertiary/aromatic N) is 1. The Hall–Kier alpha value is -1.69. The second kappa shape index (κ2) is 12.4. The fourth-order valence-electron chi connectivity index (χ4n) is 6.01. The van der Waals surface area contributed by atoms with Gasteiger partial charge in [0, 0.05) is 11.8 Å². The van der Waals surface area contributed by atoms with Crippen molar-refractivity contribution in [2.45, 2.75) is 127 Å². The highest BCUT2D eigenvalue weighted by atomic mass is 19.4. The molecule has 0 spiro atoms.